The van der Waals surface area contributed by atoms with Gasteiger partial charge in [0.1, 0.15) is 5.49 Å². The third-order valence-electron chi connectivity index (χ3n) is 1.29. The Labute approximate surface area is 64.0 Å². The molecule has 0 aromatic carbocycles. The first-order chi connectivity index (χ1) is 5.25. The van der Waals surface area contributed by atoms with E-state index in [-0.39, 0.29) is 11.5 Å². The van der Waals surface area contributed by atoms with E-state index in [1.165, 1.54) is 11.6 Å². The molecule has 0 aliphatic carbocycles. The molecular weight excluding hydrogens is 142 g/mol. The molecule has 4 nitrogen and oxygen atoms in total. The van der Waals surface area contributed by atoms with E-state index in [0.29, 0.717) is 0 Å². The van der Waals surface area contributed by atoms with Gasteiger partial charge in [0.15, 0.2) is 0 Å². The van der Waals surface area contributed by atoms with Gasteiger partial charge in [0.05, 0.1) is 0 Å². The quantitative estimate of drug-likeness (QED) is 0.545. The smallest absolute Gasteiger partial charge is 0.326 e. The van der Waals surface area contributed by atoms with Gasteiger partial charge in [0.25, 0.3) is 0 Å². The Kier molecular flexibility index (Phi) is 2.06. The molecule has 11 heavy (non-hydrogen) atoms. The van der Waals surface area contributed by atoms with Crippen LogP contribution in [0.25, 0.3) is 0 Å². The molecule has 0 saturated heterocycles. The van der Waals surface area contributed by atoms with Crippen LogP contribution in [0.15, 0.2) is 24.4 Å². The lowest BCUT2D eigenvalue weighted by molar-refractivity contribution is 0.243. The lowest BCUT2D eigenvalue weighted by Gasteiger charge is -2.01. The summed E-state index contributed by atoms with van der Waals surface area (Å²) in [6, 6.07) is 4.67. The fourth-order valence-corrected chi connectivity index (χ4v) is 0.741. The Balaban J connectivity index is 3.14. The fourth-order valence-electron chi connectivity index (χ4n) is 0.741. The van der Waals surface area contributed by atoms with Crippen molar-refractivity contribution in [3.8, 4) is 0 Å². The van der Waals surface area contributed by atoms with E-state index in [9.17, 15) is 4.79 Å². The van der Waals surface area contributed by atoms with Crippen LogP contribution in [0.4, 0.5) is 4.79 Å². The number of aromatic nitrogens is 1. The maximum atomic E-state index is 11.0. The second kappa shape index (κ2) is 3.01. The van der Waals surface area contributed by atoms with Gasteiger partial charge in [-0.3, -0.25) is 9.98 Å². The molecule has 2 N–H and O–H groups in total. The second-order valence-corrected chi connectivity index (χ2v) is 2.01. The lowest BCUT2D eigenvalue weighted by atomic mass is 10.5. The molecule has 0 fully saturated rings. The van der Waals surface area contributed by atoms with Crippen molar-refractivity contribution in [2.24, 2.45) is 0 Å². The number of carbonyl (C=O) groups is 1. The van der Waals surface area contributed by atoms with Gasteiger partial charge in [-0.05, 0) is 12.1 Å². The molecule has 0 saturated carbocycles. The van der Waals surface area contributed by atoms with Crippen LogP contribution in [0.3, 0.4) is 0 Å². The Bertz CT molecular complexity index is 315. The molecule has 0 atom stereocenters. The van der Waals surface area contributed by atoms with Gasteiger partial charge in [0.2, 0.25) is 0 Å². The summed E-state index contributed by atoms with van der Waals surface area (Å²) in [4.78, 5) is 11.0. The van der Waals surface area contributed by atoms with Crippen molar-refractivity contribution in [3.05, 3.63) is 29.9 Å². The van der Waals surface area contributed by atoms with E-state index in [1.807, 2.05) is 0 Å². The maximum Gasteiger partial charge on any atom is 0.326 e. The monoisotopic (exact) mass is 151 g/mol. The molecule has 0 unspecified atom stereocenters. The van der Waals surface area contributed by atoms with Gasteiger partial charge in [-0.25, -0.2) is 4.79 Å². The molecule has 1 rings (SSSR count). The second-order valence-electron chi connectivity index (χ2n) is 2.01. The van der Waals surface area contributed by atoms with E-state index in [4.69, 9.17) is 5.41 Å². The Morgan fingerprint density at radius 3 is 2.91 bits per heavy atom. The Morgan fingerprint density at radius 1 is 1.64 bits per heavy atom. The van der Waals surface area contributed by atoms with Crippen LogP contribution >= 0.6 is 0 Å². The minimum Gasteiger partial charge on any atom is -0.340 e. The van der Waals surface area contributed by atoms with Gasteiger partial charge in [0, 0.05) is 13.2 Å². The third kappa shape index (κ3) is 1.46. The van der Waals surface area contributed by atoms with Gasteiger partial charge < -0.3 is 5.32 Å². The minimum absolute atomic E-state index is 0.173. The number of hydrogen-bond donors (Lipinski definition) is 2. The molecule has 0 aliphatic heterocycles. The predicted octanol–water partition coefficient (Wildman–Crippen LogP) is 0.155. The first-order valence-electron chi connectivity index (χ1n) is 3.20. The molecule has 1 amide bonds. The SMILES string of the molecule is CNC(=O)n1ccccc1=N. The van der Waals surface area contributed by atoms with E-state index in [0.717, 1.165) is 0 Å². The number of nitrogens with one attached hydrogen (secondary N) is 2. The summed E-state index contributed by atoms with van der Waals surface area (Å²) in [7, 11) is 1.53. The maximum absolute atomic E-state index is 11.0. The number of nitrogens with zero attached hydrogens (tertiary/aromatic N) is 1. The van der Waals surface area contributed by atoms with Crippen molar-refractivity contribution < 1.29 is 4.79 Å². The summed E-state index contributed by atoms with van der Waals surface area (Å²) in [5.41, 5.74) is 0.173. The summed E-state index contributed by atoms with van der Waals surface area (Å²) in [6.45, 7) is 0. The van der Waals surface area contributed by atoms with Crippen molar-refractivity contribution in [3.63, 3.8) is 0 Å². The summed E-state index contributed by atoms with van der Waals surface area (Å²) in [5, 5.41) is 9.73. The molecular formula is C7H9N3O. The van der Waals surface area contributed by atoms with Crippen molar-refractivity contribution in [1.29, 1.82) is 5.41 Å². The molecule has 0 radical (unpaired) electrons. The first kappa shape index (κ1) is 7.53. The van der Waals surface area contributed by atoms with Crippen molar-refractivity contribution in [1.82, 2.24) is 9.88 Å². The number of amides is 1. The summed E-state index contributed by atoms with van der Waals surface area (Å²) in [6.07, 6.45) is 1.54. The Hall–Kier alpha value is -1.58. The highest BCUT2D eigenvalue weighted by Gasteiger charge is 1.97. The summed E-state index contributed by atoms with van der Waals surface area (Å²) >= 11 is 0. The van der Waals surface area contributed by atoms with Crippen LogP contribution in [0.2, 0.25) is 0 Å². The van der Waals surface area contributed by atoms with Crippen LogP contribution in [0.5, 0.6) is 0 Å². The Morgan fingerprint density at radius 2 is 2.36 bits per heavy atom. The third-order valence-corrected chi connectivity index (χ3v) is 1.29. The molecule has 1 aromatic rings. The highest BCUT2D eigenvalue weighted by molar-refractivity contribution is 5.75. The van der Waals surface area contributed by atoms with Crippen LogP contribution < -0.4 is 10.8 Å². The fraction of sp³-hybridized carbons (Fsp3) is 0.143. The number of rotatable bonds is 0. The molecule has 0 spiro atoms. The molecule has 58 valence electrons. The van der Waals surface area contributed by atoms with Crippen molar-refractivity contribution >= 4 is 6.03 Å². The first-order valence-corrected chi connectivity index (χ1v) is 3.20. The predicted molar refractivity (Wildman–Crippen MR) is 40.1 cm³/mol. The molecule has 4 heteroatoms. The number of pyridine rings is 1. The van der Waals surface area contributed by atoms with Crippen LogP contribution in [-0.2, 0) is 0 Å². The average molecular weight is 151 g/mol. The zero-order valence-corrected chi connectivity index (χ0v) is 6.16. The van der Waals surface area contributed by atoms with Gasteiger partial charge >= 0.3 is 6.03 Å². The normalized spacial score (nSPS) is 9.18. The van der Waals surface area contributed by atoms with E-state index >= 15 is 0 Å². The summed E-state index contributed by atoms with van der Waals surface area (Å²) in [5.74, 6) is 0. The largest absolute Gasteiger partial charge is 0.340 e. The standard InChI is InChI=1S/C7H9N3O/c1-9-7(11)10-5-3-2-4-6(10)8/h2-5,8H,1H3,(H,9,11). The molecule has 0 bridgehead atoms. The van der Waals surface area contributed by atoms with Crippen LogP contribution in [0.1, 0.15) is 0 Å². The number of hydrogen-bond acceptors (Lipinski definition) is 2. The van der Waals surface area contributed by atoms with Gasteiger partial charge in [-0.1, -0.05) is 6.07 Å². The molecule has 1 heterocycles. The van der Waals surface area contributed by atoms with Crippen molar-refractivity contribution in [2.45, 2.75) is 0 Å². The topological polar surface area (TPSA) is 57.9 Å². The van der Waals surface area contributed by atoms with Crippen molar-refractivity contribution in [2.75, 3.05) is 7.05 Å². The van der Waals surface area contributed by atoms with Crippen LogP contribution in [-0.4, -0.2) is 17.6 Å². The molecule has 0 aliphatic rings. The highest BCUT2D eigenvalue weighted by Crippen LogP contribution is 1.79. The lowest BCUT2D eigenvalue weighted by Crippen LogP contribution is -2.33. The summed E-state index contributed by atoms with van der Waals surface area (Å²) < 4.78 is 1.22. The zero-order valence-electron chi connectivity index (χ0n) is 6.16. The highest BCUT2D eigenvalue weighted by atomic mass is 16.2. The zero-order chi connectivity index (χ0) is 8.27. The van der Waals surface area contributed by atoms with Gasteiger partial charge in [-0.2, -0.15) is 0 Å². The number of carbonyl (C=O) groups excluding carboxylic acids is 1. The van der Waals surface area contributed by atoms with Crippen LogP contribution in [0, 0.1) is 5.41 Å². The average Bonchev–Trinajstić information content (AvgIpc) is 2.04. The minimum atomic E-state index is -0.296. The van der Waals surface area contributed by atoms with E-state index < -0.39 is 0 Å². The van der Waals surface area contributed by atoms with Gasteiger partial charge in [-0.15, -0.1) is 0 Å². The van der Waals surface area contributed by atoms with E-state index in [2.05, 4.69) is 5.32 Å². The molecule has 1 aromatic heterocycles. The van der Waals surface area contributed by atoms with E-state index in [1.54, 1.807) is 24.4 Å².